The van der Waals surface area contributed by atoms with E-state index in [9.17, 15) is 9.59 Å². The lowest BCUT2D eigenvalue weighted by Crippen LogP contribution is -2.36. The number of benzene rings is 2. The minimum Gasteiger partial charge on any atom is -0.497 e. The van der Waals surface area contributed by atoms with Crippen LogP contribution in [-0.4, -0.2) is 27.6 Å². The Labute approximate surface area is 171 Å². The summed E-state index contributed by atoms with van der Waals surface area (Å²) in [6.07, 6.45) is 1.80. The second-order valence-electron chi connectivity index (χ2n) is 7.08. The molecule has 0 aliphatic carbocycles. The van der Waals surface area contributed by atoms with Crippen LogP contribution in [0.15, 0.2) is 58.3 Å². The predicted octanol–water partition coefficient (Wildman–Crippen LogP) is 2.43. The first-order valence-corrected chi connectivity index (χ1v) is 9.35. The quantitative estimate of drug-likeness (QED) is 0.523. The van der Waals surface area contributed by atoms with E-state index in [4.69, 9.17) is 14.2 Å². The standard InChI is InChI=1S/C22H19N3O5/c1-23-16-11-25(14-6-9-17-18(10-14)30-12-29-17)20(13-4-7-15(28-3)8-5-13)19(16)21(26)24(2)22(23)27/h4-11H,12H2,1-3H3. The number of hydrogen-bond donors (Lipinski definition) is 0. The lowest BCUT2D eigenvalue weighted by atomic mass is 10.1. The van der Waals surface area contributed by atoms with Crippen LogP contribution in [0.3, 0.4) is 0 Å². The maximum Gasteiger partial charge on any atom is 0.330 e. The highest BCUT2D eigenvalue weighted by Crippen LogP contribution is 2.37. The van der Waals surface area contributed by atoms with E-state index in [0.717, 1.165) is 15.8 Å². The van der Waals surface area contributed by atoms with Gasteiger partial charge in [0.1, 0.15) is 5.75 Å². The molecule has 152 valence electrons. The van der Waals surface area contributed by atoms with Crippen molar-refractivity contribution in [1.82, 2.24) is 13.7 Å². The molecule has 3 heterocycles. The van der Waals surface area contributed by atoms with E-state index < -0.39 is 0 Å². The summed E-state index contributed by atoms with van der Waals surface area (Å²) in [5, 5.41) is 0.461. The maximum atomic E-state index is 13.1. The summed E-state index contributed by atoms with van der Waals surface area (Å²) in [6.45, 7) is 0.173. The molecule has 0 radical (unpaired) electrons. The number of ether oxygens (including phenoxy) is 3. The van der Waals surface area contributed by atoms with Crippen LogP contribution in [0.5, 0.6) is 17.2 Å². The highest BCUT2D eigenvalue weighted by Gasteiger charge is 2.22. The molecule has 2 aromatic carbocycles. The number of aromatic nitrogens is 3. The number of aryl methyl sites for hydroxylation is 1. The SMILES string of the molecule is COc1ccc(-c2c3c(=O)n(C)c(=O)n(C)c3cn2-c2ccc3c(c2)OCO3)cc1. The second kappa shape index (κ2) is 6.55. The summed E-state index contributed by atoms with van der Waals surface area (Å²) >= 11 is 0. The zero-order valence-electron chi connectivity index (χ0n) is 16.7. The molecule has 8 nitrogen and oxygen atoms in total. The van der Waals surface area contributed by atoms with Crippen molar-refractivity contribution in [1.29, 1.82) is 0 Å². The monoisotopic (exact) mass is 405 g/mol. The minimum atomic E-state index is -0.378. The largest absolute Gasteiger partial charge is 0.497 e. The topological polar surface area (TPSA) is 76.6 Å². The summed E-state index contributed by atoms with van der Waals surface area (Å²) in [5.41, 5.74) is 2.11. The predicted molar refractivity (Wildman–Crippen MR) is 112 cm³/mol. The van der Waals surface area contributed by atoms with Crippen molar-refractivity contribution in [3.05, 3.63) is 69.5 Å². The average molecular weight is 405 g/mol. The summed E-state index contributed by atoms with van der Waals surface area (Å²) in [4.78, 5) is 25.6. The molecule has 4 aromatic rings. The molecular formula is C22H19N3O5. The molecule has 0 atom stereocenters. The van der Waals surface area contributed by atoms with Gasteiger partial charge < -0.3 is 18.8 Å². The van der Waals surface area contributed by atoms with Gasteiger partial charge in [0.05, 0.1) is 23.7 Å². The summed E-state index contributed by atoms with van der Waals surface area (Å²) < 4.78 is 20.7. The molecule has 0 amide bonds. The molecule has 30 heavy (non-hydrogen) atoms. The van der Waals surface area contributed by atoms with E-state index in [2.05, 4.69) is 0 Å². The van der Waals surface area contributed by atoms with Crippen LogP contribution in [0.2, 0.25) is 0 Å². The third-order valence-electron chi connectivity index (χ3n) is 5.44. The number of methoxy groups -OCH3 is 1. The van der Waals surface area contributed by atoms with Gasteiger partial charge >= 0.3 is 5.69 Å². The lowest BCUT2D eigenvalue weighted by Gasteiger charge is -2.11. The first-order chi connectivity index (χ1) is 14.5. The molecule has 2 aromatic heterocycles. The Morgan fingerprint density at radius 3 is 2.40 bits per heavy atom. The van der Waals surface area contributed by atoms with E-state index in [0.29, 0.717) is 33.8 Å². The Balaban J connectivity index is 1.88. The molecule has 8 heteroatoms. The molecule has 0 fully saturated rings. The van der Waals surface area contributed by atoms with E-state index in [1.54, 1.807) is 20.4 Å². The second-order valence-corrected chi connectivity index (χ2v) is 7.08. The van der Waals surface area contributed by atoms with Gasteiger partial charge in [-0.3, -0.25) is 13.9 Å². The molecule has 5 rings (SSSR count). The Bertz CT molecular complexity index is 1410. The van der Waals surface area contributed by atoms with E-state index in [-0.39, 0.29) is 18.0 Å². The van der Waals surface area contributed by atoms with Crippen molar-refractivity contribution >= 4 is 10.9 Å². The van der Waals surface area contributed by atoms with Crippen LogP contribution in [0.1, 0.15) is 0 Å². The van der Waals surface area contributed by atoms with Gasteiger partial charge in [0.25, 0.3) is 5.56 Å². The fourth-order valence-electron chi connectivity index (χ4n) is 3.81. The fraction of sp³-hybridized carbons (Fsp3) is 0.182. The summed E-state index contributed by atoms with van der Waals surface area (Å²) in [5.74, 6) is 2.02. The van der Waals surface area contributed by atoms with Gasteiger partial charge in [0.2, 0.25) is 6.79 Å². The van der Waals surface area contributed by atoms with Crippen LogP contribution in [0, 0.1) is 0 Å². The number of hydrogen-bond acceptors (Lipinski definition) is 5. The van der Waals surface area contributed by atoms with Crippen molar-refractivity contribution in [2.75, 3.05) is 13.9 Å². The molecule has 0 saturated heterocycles. The van der Waals surface area contributed by atoms with Gasteiger partial charge in [-0.25, -0.2) is 4.79 Å². The molecule has 0 saturated carbocycles. The van der Waals surface area contributed by atoms with Crippen molar-refractivity contribution in [3.63, 3.8) is 0 Å². The van der Waals surface area contributed by atoms with Crippen molar-refractivity contribution in [3.8, 4) is 34.2 Å². The highest BCUT2D eigenvalue weighted by atomic mass is 16.7. The van der Waals surface area contributed by atoms with Gasteiger partial charge in [0, 0.05) is 32.0 Å². The minimum absolute atomic E-state index is 0.173. The van der Waals surface area contributed by atoms with Gasteiger partial charge in [-0.05, 0) is 42.0 Å². The average Bonchev–Trinajstić information content (AvgIpc) is 3.40. The van der Waals surface area contributed by atoms with Crippen molar-refractivity contribution in [2.24, 2.45) is 14.1 Å². The van der Waals surface area contributed by atoms with E-state index >= 15 is 0 Å². The molecule has 1 aliphatic heterocycles. The normalized spacial score (nSPS) is 12.5. The van der Waals surface area contributed by atoms with Crippen LogP contribution < -0.4 is 25.5 Å². The Hall–Kier alpha value is -3.94. The molecule has 0 spiro atoms. The zero-order chi connectivity index (χ0) is 21.0. The van der Waals surface area contributed by atoms with Gasteiger partial charge in [0.15, 0.2) is 11.5 Å². The Kier molecular flexibility index (Phi) is 3.95. The summed E-state index contributed by atoms with van der Waals surface area (Å²) in [7, 11) is 4.75. The van der Waals surface area contributed by atoms with Crippen molar-refractivity contribution in [2.45, 2.75) is 0 Å². The Morgan fingerprint density at radius 1 is 0.933 bits per heavy atom. The summed E-state index contributed by atoms with van der Waals surface area (Å²) in [6, 6.07) is 13.0. The lowest BCUT2D eigenvalue weighted by molar-refractivity contribution is 0.174. The van der Waals surface area contributed by atoms with E-state index in [1.165, 1.54) is 11.6 Å². The number of fused-ring (bicyclic) bond motifs is 2. The molecule has 0 N–H and O–H groups in total. The third kappa shape index (κ3) is 2.53. The van der Waals surface area contributed by atoms with E-state index in [1.807, 2.05) is 47.0 Å². The number of nitrogens with zero attached hydrogens (tertiary/aromatic N) is 3. The molecule has 0 bridgehead atoms. The van der Waals surface area contributed by atoms with Gasteiger partial charge in [-0.15, -0.1) is 0 Å². The molecule has 1 aliphatic rings. The van der Waals surface area contributed by atoms with Crippen LogP contribution in [-0.2, 0) is 14.1 Å². The molecule has 0 unspecified atom stereocenters. The highest BCUT2D eigenvalue weighted by molar-refractivity contribution is 5.95. The maximum absolute atomic E-state index is 13.1. The van der Waals surface area contributed by atoms with Crippen LogP contribution >= 0.6 is 0 Å². The molecular weight excluding hydrogens is 386 g/mol. The fourth-order valence-corrected chi connectivity index (χ4v) is 3.81. The number of rotatable bonds is 3. The third-order valence-corrected chi connectivity index (χ3v) is 5.44. The zero-order valence-corrected chi connectivity index (χ0v) is 16.7. The smallest absolute Gasteiger partial charge is 0.330 e. The van der Waals surface area contributed by atoms with Crippen LogP contribution in [0.4, 0.5) is 0 Å². The van der Waals surface area contributed by atoms with Gasteiger partial charge in [-0.2, -0.15) is 0 Å². The first-order valence-electron chi connectivity index (χ1n) is 9.35. The first kappa shape index (κ1) is 18.1. The van der Waals surface area contributed by atoms with Gasteiger partial charge in [-0.1, -0.05) is 0 Å². The Morgan fingerprint density at radius 2 is 1.67 bits per heavy atom. The van der Waals surface area contributed by atoms with Crippen molar-refractivity contribution < 1.29 is 14.2 Å². The van der Waals surface area contributed by atoms with Crippen LogP contribution in [0.25, 0.3) is 27.8 Å².